The van der Waals surface area contributed by atoms with Crippen molar-refractivity contribution in [2.24, 2.45) is 0 Å². The highest BCUT2D eigenvalue weighted by Crippen LogP contribution is 2.39. The maximum absolute atomic E-state index is 12.2. The third-order valence-electron chi connectivity index (χ3n) is 4.39. The van der Waals surface area contributed by atoms with Crippen molar-refractivity contribution in [3.05, 3.63) is 66.2 Å². The molecule has 1 aromatic carbocycles. The standard InChI is InChI=1S/C19H13Br2N7O3/c1-9(2)27-4-3-11-16(27)23-8-24-18(11)31-15-12(20)5-10(6-13(15)21)28-19(30)25-17(29)14(7-22)26-28/h3-6,8-9H,1-2H3,(H,25,29,30). The van der Waals surface area contributed by atoms with E-state index in [2.05, 4.69) is 65.8 Å². The number of aromatic amines is 1. The fourth-order valence-corrected chi connectivity index (χ4v) is 4.28. The van der Waals surface area contributed by atoms with Crippen LogP contribution in [0.3, 0.4) is 0 Å². The molecule has 0 atom stereocenters. The summed E-state index contributed by atoms with van der Waals surface area (Å²) in [6, 6.07) is 6.91. The first-order valence-electron chi connectivity index (χ1n) is 8.92. The monoisotopic (exact) mass is 545 g/mol. The minimum absolute atomic E-state index is 0.222. The smallest absolute Gasteiger partial charge is 0.349 e. The van der Waals surface area contributed by atoms with Gasteiger partial charge in [0.15, 0.2) is 5.75 Å². The van der Waals surface area contributed by atoms with Crippen molar-refractivity contribution in [3.8, 4) is 23.4 Å². The van der Waals surface area contributed by atoms with Crippen molar-refractivity contribution in [3.63, 3.8) is 0 Å². The van der Waals surface area contributed by atoms with Crippen LogP contribution in [0.4, 0.5) is 0 Å². The Morgan fingerprint density at radius 1 is 1.19 bits per heavy atom. The van der Waals surface area contributed by atoms with Crippen molar-refractivity contribution >= 4 is 42.9 Å². The first-order chi connectivity index (χ1) is 14.8. The van der Waals surface area contributed by atoms with Crippen LogP contribution in [-0.4, -0.2) is 29.3 Å². The second-order valence-corrected chi connectivity index (χ2v) is 8.41. The first kappa shape index (κ1) is 21.0. The maximum atomic E-state index is 12.2. The van der Waals surface area contributed by atoms with Crippen LogP contribution >= 0.6 is 31.9 Å². The molecule has 0 saturated carbocycles. The molecule has 12 heteroatoms. The van der Waals surface area contributed by atoms with Crippen molar-refractivity contribution in [2.75, 3.05) is 0 Å². The molecule has 0 aliphatic heterocycles. The van der Waals surface area contributed by atoms with Crippen LogP contribution in [0.15, 0.2) is 49.3 Å². The minimum atomic E-state index is -0.844. The van der Waals surface area contributed by atoms with E-state index in [9.17, 15) is 9.59 Å². The summed E-state index contributed by atoms with van der Waals surface area (Å²) in [5.74, 6) is 0.781. The number of nitriles is 1. The topological polar surface area (TPSA) is 131 Å². The van der Waals surface area contributed by atoms with Crippen molar-refractivity contribution in [1.82, 2.24) is 29.3 Å². The van der Waals surface area contributed by atoms with Gasteiger partial charge < -0.3 is 9.30 Å². The zero-order valence-corrected chi connectivity index (χ0v) is 19.3. The number of nitrogens with one attached hydrogen (secondary N) is 1. The van der Waals surface area contributed by atoms with Gasteiger partial charge in [0.1, 0.15) is 18.0 Å². The van der Waals surface area contributed by atoms with E-state index in [4.69, 9.17) is 10.00 Å². The van der Waals surface area contributed by atoms with Gasteiger partial charge in [0.05, 0.1) is 20.0 Å². The maximum Gasteiger partial charge on any atom is 0.349 e. The summed E-state index contributed by atoms with van der Waals surface area (Å²) >= 11 is 6.87. The zero-order valence-electron chi connectivity index (χ0n) is 16.1. The molecule has 3 heterocycles. The fraction of sp³-hybridized carbons (Fsp3) is 0.158. The first-order valence-corrected chi connectivity index (χ1v) is 10.5. The molecule has 0 spiro atoms. The van der Waals surface area contributed by atoms with Gasteiger partial charge in [-0.25, -0.2) is 14.8 Å². The average molecular weight is 547 g/mol. The van der Waals surface area contributed by atoms with Crippen molar-refractivity contribution in [2.45, 2.75) is 19.9 Å². The molecule has 0 saturated heterocycles. The Morgan fingerprint density at radius 2 is 1.90 bits per heavy atom. The Labute approximate surface area is 191 Å². The summed E-state index contributed by atoms with van der Waals surface area (Å²) in [7, 11) is 0. The molecule has 0 aliphatic carbocycles. The summed E-state index contributed by atoms with van der Waals surface area (Å²) in [5, 5.41) is 13.6. The zero-order chi connectivity index (χ0) is 22.3. The van der Waals surface area contributed by atoms with Crippen LogP contribution in [-0.2, 0) is 0 Å². The van der Waals surface area contributed by atoms with Gasteiger partial charge in [0.2, 0.25) is 11.6 Å². The lowest BCUT2D eigenvalue weighted by Gasteiger charge is -2.13. The highest BCUT2D eigenvalue weighted by Gasteiger charge is 2.17. The summed E-state index contributed by atoms with van der Waals surface area (Å²) < 4.78 is 9.97. The van der Waals surface area contributed by atoms with Gasteiger partial charge in [-0.1, -0.05) is 0 Å². The minimum Gasteiger partial charge on any atom is -0.436 e. The molecule has 31 heavy (non-hydrogen) atoms. The third kappa shape index (κ3) is 3.77. The number of aromatic nitrogens is 6. The van der Waals surface area contributed by atoms with Crippen LogP contribution in [0, 0.1) is 11.3 Å². The number of rotatable bonds is 4. The molecule has 1 N–H and O–H groups in total. The van der Waals surface area contributed by atoms with Gasteiger partial charge in [-0.2, -0.15) is 9.94 Å². The summed E-state index contributed by atoms with van der Waals surface area (Å²) in [4.78, 5) is 34.4. The van der Waals surface area contributed by atoms with E-state index in [-0.39, 0.29) is 6.04 Å². The Hall–Kier alpha value is -3.30. The molecule has 0 radical (unpaired) electrons. The lowest BCUT2D eigenvalue weighted by molar-refractivity contribution is 0.462. The molecule has 3 aromatic heterocycles. The lowest BCUT2D eigenvalue weighted by Crippen LogP contribution is -2.33. The number of halogens is 2. The predicted molar refractivity (Wildman–Crippen MR) is 119 cm³/mol. The largest absolute Gasteiger partial charge is 0.436 e. The Bertz CT molecular complexity index is 1460. The molecule has 0 fully saturated rings. The predicted octanol–water partition coefficient (Wildman–Crippen LogP) is 3.44. The summed E-state index contributed by atoms with van der Waals surface area (Å²) in [6.45, 7) is 4.11. The number of nitrogens with zero attached hydrogens (tertiary/aromatic N) is 6. The van der Waals surface area contributed by atoms with Gasteiger partial charge in [-0.05, 0) is 63.9 Å². The number of hydrogen-bond donors (Lipinski definition) is 1. The van der Waals surface area contributed by atoms with Crippen LogP contribution in [0.2, 0.25) is 0 Å². The third-order valence-corrected chi connectivity index (χ3v) is 5.57. The molecule has 4 aromatic rings. The quantitative estimate of drug-likeness (QED) is 0.414. The van der Waals surface area contributed by atoms with Gasteiger partial charge in [0, 0.05) is 12.2 Å². The summed E-state index contributed by atoms with van der Waals surface area (Å²) in [5.41, 5.74) is -0.989. The highest BCUT2D eigenvalue weighted by molar-refractivity contribution is 9.11. The molecule has 4 rings (SSSR count). The molecular formula is C19H13Br2N7O3. The van der Waals surface area contributed by atoms with Gasteiger partial charge in [0.25, 0.3) is 5.56 Å². The van der Waals surface area contributed by atoms with Crippen molar-refractivity contribution < 1.29 is 4.74 Å². The van der Waals surface area contributed by atoms with E-state index in [1.54, 1.807) is 18.2 Å². The van der Waals surface area contributed by atoms with Crippen LogP contribution in [0.25, 0.3) is 16.7 Å². The highest BCUT2D eigenvalue weighted by atomic mass is 79.9. The number of ether oxygens (including phenoxy) is 1. The SMILES string of the molecule is CC(C)n1ccc2c(Oc3c(Br)cc(-n4nc(C#N)c(=O)[nH]c4=O)cc3Br)ncnc21. The molecule has 10 nitrogen and oxygen atoms in total. The lowest BCUT2D eigenvalue weighted by atomic mass is 10.3. The van der Waals surface area contributed by atoms with Crippen LogP contribution in [0.1, 0.15) is 25.6 Å². The van der Waals surface area contributed by atoms with Gasteiger partial charge in [-0.3, -0.25) is 9.78 Å². The molecule has 0 amide bonds. The van der Waals surface area contributed by atoms with E-state index in [0.717, 1.165) is 15.7 Å². The van der Waals surface area contributed by atoms with E-state index in [1.165, 1.54) is 6.33 Å². The van der Waals surface area contributed by atoms with E-state index >= 15 is 0 Å². The second-order valence-electron chi connectivity index (χ2n) is 6.70. The van der Waals surface area contributed by atoms with Crippen LogP contribution < -0.4 is 16.0 Å². The molecule has 0 unspecified atom stereocenters. The van der Waals surface area contributed by atoms with Crippen LogP contribution in [0.5, 0.6) is 11.6 Å². The second kappa shape index (κ2) is 8.09. The van der Waals surface area contributed by atoms with Crippen molar-refractivity contribution in [1.29, 1.82) is 5.26 Å². The molecule has 0 aliphatic rings. The van der Waals surface area contributed by atoms with E-state index in [1.807, 2.05) is 16.8 Å². The Kier molecular flexibility index (Phi) is 5.47. The number of fused-ring (bicyclic) bond motifs is 1. The van der Waals surface area contributed by atoms with Gasteiger partial charge >= 0.3 is 5.69 Å². The molecule has 156 valence electrons. The molecule has 0 bridgehead atoms. The van der Waals surface area contributed by atoms with Gasteiger partial charge in [-0.15, -0.1) is 5.10 Å². The Morgan fingerprint density at radius 3 is 2.55 bits per heavy atom. The normalized spacial score (nSPS) is 11.1. The molecular weight excluding hydrogens is 534 g/mol. The van der Waals surface area contributed by atoms with E-state index < -0.39 is 16.9 Å². The average Bonchev–Trinajstić information content (AvgIpc) is 3.16. The number of hydrogen-bond acceptors (Lipinski definition) is 7. The fourth-order valence-electron chi connectivity index (χ4n) is 2.96. The number of benzene rings is 1. The summed E-state index contributed by atoms with van der Waals surface area (Å²) in [6.07, 6.45) is 3.35. The van der Waals surface area contributed by atoms with E-state index in [0.29, 0.717) is 26.3 Å². The Balaban J connectivity index is 1.78. The number of H-pyrrole nitrogens is 1.